The second-order valence-corrected chi connectivity index (χ2v) is 6.76. The first kappa shape index (κ1) is 21.1. The summed E-state index contributed by atoms with van der Waals surface area (Å²) in [5, 5.41) is 14.6. The third-order valence-corrected chi connectivity index (χ3v) is 5.01. The molecule has 7 nitrogen and oxygen atoms in total. The lowest BCUT2D eigenvalue weighted by atomic mass is 10.0. The smallest absolute Gasteiger partial charge is 0.223 e. The van der Waals surface area contributed by atoms with Crippen LogP contribution in [0, 0.1) is 5.92 Å². The lowest BCUT2D eigenvalue weighted by molar-refractivity contribution is -0.133. The Balaban J connectivity index is 0.00000261. The number of halogens is 1. The van der Waals surface area contributed by atoms with Crippen molar-refractivity contribution in [2.24, 2.45) is 5.92 Å². The van der Waals surface area contributed by atoms with Crippen LogP contribution in [0.5, 0.6) is 0 Å². The van der Waals surface area contributed by atoms with Gasteiger partial charge in [0.25, 0.3) is 0 Å². The Morgan fingerprint density at radius 2 is 2.37 bits per heavy atom. The van der Waals surface area contributed by atoms with E-state index in [2.05, 4.69) is 34.3 Å². The first-order valence-electron chi connectivity index (χ1n) is 9.13. The Bertz CT molecular complexity index is 730. The van der Waals surface area contributed by atoms with Gasteiger partial charge in [-0.2, -0.15) is 0 Å². The van der Waals surface area contributed by atoms with Gasteiger partial charge in [-0.05, 0) is 66.9 Å². The number of amides is 1. The number of tetrazole rings is 1. The van der Waals surface area contributed by atoms with Gasteiger partial charge >= 0.3 is 0 Å². The van der Waals surface area contributed by atoms with Crippen molar-refractivity contribution < 1.29 is 4.79 Å². The normalized spacial score (nSPS) is 17.1. The molecule has 1 saturated heterocycles. The molecule has 1 aromatic carbocycles. The summed E-state index contributed by atoms with van der Waals surface area (Å²) in [5.74, 6) is 0.792. The molecule has 3 rings (SSSR count). The molecule has 0 saturated carbocycles. The van der Waals surface area contributed by atoms with Crippen molar-refractivity contribution in [3.05, 3.63) is 48.8 Å². The highest BCUT2D eigenvalue weighted by Gasteiger charge is 2.23. The summed E-state index contributed by atoms with van der Waals surface area (Å²) in [5.41, 5.74) is 1.93. The zero-order chi connectivity index (χ0) is 18.4. The largest absolute Gasteiger partial charge is 0.332 e. The molecule has 2 aromatic rings. The molecule has 1 fully saturated rings. The van der Waals surface area contributed by atoms with Crippen molar-refractivity contribution in [1.82, 2.24) is 30.4 Å². The topological polar surface area (TPSA) is 75.9 Å². The molecule has 1 aliphatic heterocycles. The minimum Gasteiger partial charge on any atom is -0.332 e. The predicted octanol–water partition coefficient (Wildman–Crippen LogP) is 2.55. The van der Waals surface area contributed by atoms with E-state index in [0.29, 0.717) is 18.9 Å². The van der Waals surface area contributed by atoms with Crippen LogP contribution >= 0.6 is 12.4 Å². The van der Waals surface area contributed by atoms with Crippen molar-refractivity contribution in [2.45, 2.75) is 32.2 Å². The first-order valence-corrected chi connectivity index (χ1v) is 9.13. The average Bonchev–Trinajstić information content (AvgIpc) is 3.37. The van der Waals surface area contributed by atoms with E-state index in [1.807, 2.05) is 29.2 Å². The molecule has 0 spiro atoms. The molecule has 0 bridgehead atoms. The first-order chi connectivity index (χ1) is 12.7. The zero-order valence-electron chi connectivity index (χ0n) is 15.6. The maximum atomic E-state index is 12.8. The van der Waals surface area contributed by atoms with Crippen LogP contribution in [0.15, 0.2) is 43.2 Å². The molecular weight excluding hydrogens is 364 g/mol. The molecule has 146 valence electrons. The number of aromatic nitrogens is 4. The second kappa shape index (κ2) is 10.2. The lowest BCUT2D eigenvalue weighted by Gasteiger charge is -2.29. The molecule has 2 unspecified atom stereocenters. The van der Waals surface area contributed by atoms with E-state index in [0.717, 1.165) is 37.2 Å². The average molecular weight is 391 g/mol. The standard InChI is InChI=1S/C19H26N6O.ClH/c1-3-11-24(19(26)8-7-16-9-10-20-13-16)15(2)17-5-4-6-18(12-17)25-14-21-22-23-25;/h3-6,12,14-16,20H,1,7-11,13H2,2H3;1H. The van der Waals surface area contributed by atoms with Gasteiger partial charge in [0.15, 0.2) is 0 Å². The minimum atomic E-state index is -0.0429. The molecule has 1 aromatic heterocycles. The van der Waals surface area contributed by atoms with E-state index in [9.17, 15) is 4.79 Å². The quantitative estimate of drug-likeness (QED) is 0.701. The Hall–Kier alpha value is -2.25. The van der Waals surface area contributed by atoms with Crippen LogP contribution in [0.1, 0.15) is 37.8 Å². The molecule has 1 amide bonds. The summed E-state index contributed by atoms with van der Waals surface area (Å²) < 4.78 is 1.61. The number of nitrogens with zero attached hydrogens (tertiary/aromatic N) is 5. The van der Waals surface area contributed by atoms with Gasteiger partial charge in [0.1, 0.15) is 6.33 Å². The minimum absolute atomic E-state index is 0. The van der Waals surface area contributed by atoms with Crippen LogP contribution in [0.25, 0.3) is 5.69 Å². The van der Waals surface area contributed by atoms with Gasteiger partial charge in [0.2, 0.25) is 5.91 Å². The van der Waals surface area contributed by atoms with Gasteiger partial charge in [0.05, 0.1) is 11.7 Å². The monoisotopic (exact) mass is 390 g/mol. The highest BCUT2D eigenvalue weighted by molar-refractivity contribution is 5.85. The highest BCUT2D eigenvalue weighted by atomic mass is 35.5. The Morgan fingerprint density at radius 1 is 1.52 bits per heavy atom. The number of carbonyl (C=O) groups is 1. The highest BCUT2D eigenvalue weighted by Crippen LogP contribution is 2.24. The van der Waals surface area contributed by atoms with E-state index in [1.165, 1.54) is 0 Å². The van der Waals surface area contributed by atoms with Gasteiger partial charge in [-0.25, -0.2) is 4.68 Å². The summed E-state index contributed by atoms with van der Waals surface area (Å²) in [6.07, 6.45) is 6.04. The van der Waals surface area contributed by atoms with Crippen molar-refractivity contribution >= 4 is 18.3 Å². The van der Waals surface area contributed by atoms with Crippen molar-refractivity contribution in [2.75, 3.05) is 19.6 Å². The molecule has 1 N–H and O–H groups in total. The van der Waals surface area contributed by atoms with Crippen LogP contribution in [0.2, 0.25) is 0 Å². The molecule has 0 radical (unpaired) electrons. The van der Waals surface area contributed by atoms with Crippen LogP contribution in [0.4, 0.5) is 0 Å². The predicted molar refractivity (Wildman–Crippen MR) is 107 cm³/mol. The maximum Gasteiger partial charge on any atom is 0.223 e. The summed E-state index contributed by atoms with van der Waals surface area (Å²) in [6.45, 7) is 8.50. The van der Waals surface area contributed by atoms with E-state index in [4.69, 9.17) is 0 Å². The van der Waals surface area contributed by atoms with E-state index >= 15 is 0 Å². The fraction of sp³-hybridized carbons (Fsp3) is 0.474. The SMILES string of the molecule is C=CCN(C(=O)CCC1CCNC1)C(C)c1cccc(-n2cnnn2)c1.Cl. The van der Waals surface area contributed by atoms with Crippen molar-refractivity contribution in [1.29, 1.82) is 0 Å². The molecule has 0 aliphatic carbocycles. The van der Waals surface area contributed by atoms with E-state index in [-0.39, 0.29) is 24.4 Å². The summed E-state index contributed by atoms with van der Waals surface area (Å²) in [4.78, 5) is 14.7. The van der Waals surface area contributed by atoms with E-state index < -0.39 is 0 Å². The van der Waals surface area contributed by atoms with Crippen molar-refractivity contribution in [3.8, 4) is 5.69 Å². The van der Waals surface area contributed by atoms with Gasteiger partial charge < -0.3 is 10.2 Å². The van der Waals surface area contributed by atoms with Gasteiger partial charge in [-0.15, -0.1) is 24.1 Å². The number of rotatable bonds is 8. The molecule has 1 aliphatic rings. The molecule has 27 heavy (non-hydrogen) atoms. The fourth-order valence-electron chi connectivity index (χ4n) is 3.43. The van der Waals surface area contributed by atoms with Crippen LogP contribution in [-0.4, -0.2) is 50.6 Å². The molecule has 2 atom stereocenters. The second-order valence-electron chi connectivity index (χ2n) is 6.76. The molecule has 2 heterocycles. The van der Waals surface area contributed by atoms with Crippen LogP contribution < -0.4 is 5.32 Å². The van der Waals surface area contributed by atoms with Gasteiger partial charge in [-0.1, -0.05) is 18.2 Å². The number of benzene rings is 1. The number of nitrogens with one attached hydrogen (secondary N) is 1. The fourth-order valence-corrected chi connectivity index (χ4v) is 3.43. The third-order valence-electron chi connectivity index (χ3n) is 5.01. The van der Waals surface area contributed by atoms with Crippen molar-refractivity contribution in [3.63, 3.8) is 0 Å². The number of hydrogen-bond donors (Lipinski definition) is 1. The van der Waals surface area contributed by atoms with E-state index in [1.54, 1.807) is 17.1 Å². The maximum absolute atomic E-state index is 12.8. The number of carbonyl (C=O) groups excluding carboxylic acids is 1. The van der Waals surface area contributed by atoms with Crippen LogP contribution in [0.3, 0.4) is 0 Å². The third kappa shape index (κ3) is 5.37. The lowest BCUT2D eigenvalue weighted by Crippen LogP contribution is -2.34. The molecular formula is C19H27ClN6O. The number of hydrogen-bond acceptors (Lipinski definition) is 5. The molecule has 8 heteroatoms. The summed E-state index contributed by atoms with van der Waals surface area (Å²) >= 11 is 0. The Kier molecular flexibility index (Phi) is 7.94. The van der Waals surface area contributed by atoms with Gasteiger partial charge in [0, 0.05) is 13.0 Å². The van der Waals surface area contributed by atoms with Crippen LogP contribution in [-0.2, 0) is 4.79 Å². The summed E-state index contributed by atoms with van der Waals surface area (Å²) in [6, 6.07) is 7.91. The van der Waals surface area contributed by atoms with Gasteiger partial charge in [-0.3, -0.25) is 4.79 Å². The summed E-state index contributed by atoms with van der Waals surface area (Å²) in [7, 11) is 0. The zero-order valence-corrected chi connectivity index (χ0v) is 16.4. The Morgan fingerprint density at radius 3 is 3.04 bits per heavy atom. The Labute approximate surface area is 166 Å².